The molecule has 1 rings (SSSR count). The number of thiocarbonyl (C=S) groups is 1. The van der Waals surface area contributed by atoms with Crippen LogP contribution in [-0.4, -0.2) is 30.1 Å². The van der Waals surface area contributed by atoms with Crippen LogP contribution in [0.1, 0.15) is 20.8 Å². The predicted molar refractivity (Wildman–Crippen MR) is 87.6 cm³/mol. The Labute approximate surface area is 138 Å². The number of rotatable bonds is 3. The Morgan fingerprint density at radius 1 is 1.52 bits per heavy atom. The maximum atomic E-state index is 12.8. The second-order valence-electron chi connectivity index (χ2n) is 4.93. The van der Waals surface area contributed by atoms with Gasteiger partial charge in [-0.25, -0.2) is 4.99 Å². The molecular weight excluding hydrogens is 329 g/mol. The molecule has 1 unspecified atom stereocenters. The van der Waals surface area contributed by atoms with E-state index in [0.29, 0.717) is 11.3 Å². The topological polar surface area (TPSA) is 71.7 Å². The summed E-state index contributed by atoms with van der Waals surface area (Å²) in [6.07, 6.45) is -1.92. The molecule has 0 saturated heterocycles. The van der Waals surface area contributed by atoms with Crippen LogP contribution < -0.4 is 16.4 Å². The molecule has 0 saturated carbocycles. The van der Waals surface area contributed by atoms with Gasteiger partial charge >= 0.3 is 6.18 Å². The number of hydrogen-bond acceptors (Lipinski definition) is 4. The van der Waals surface area contributed by atoms with Gasteiger partial charge in [-0.1, -0.05) is 0 Å². The molecule has 1 atom stereocenters. The van der Waals surface area contributed by atoms with Crippen molar-refractivity contribution in [3.63, 3.8) is 0 Å². The molecule has 1 heterocycles. The highest BCUT2D eigenvalue weighted by atomic mass is 32.1. The fraction of sp³-hybridized carbons (Fsp3) is 0.429. The molecule has 4 N–H and O–H groups in total. The average Bonchev–Trinajstić information content (AvgIpc) is 2.40. The number of hydrogen-bond donors (Lipinski definition) is 3. The van der Waals surface area contributed by atoms with E-state index in [1.807, 2.05) is 0 Å². The third kappa shape index (κ3) is 5.59. The summed E-state index contributed by atoms with van der Waals surface area (Å²) in [5, 5.41) is 5.61. The molecule has 0 spiro atoms. The molecule has 0 aromatic heterocycles. The van der Waals surface area contributed by atoms with Gasteiger partial charge in [0.2, 0.25) is 0 Å². The second kappa shape index (κ2) is 7.49. The van der Waals surface area contributed by atoms with E-state index in [4.69, 9.17) is 22.7 Å². The van der Waals surface area contributed by atoms with E-state index in [-0.39, 0.29) is 16.9 Å². The summed E-state index contributed by atoms with van der Waals surface area (Å²) in [5.41, 5.74) is 5.86. The van der Waals surface area contributed by atoms with Crippen LogP contribution in [0.2, 0.25) is 0 Å². The number of ether oxygens (including phenoxy) is 1. The summed E-state index contributed by atoms with van der Waals surface area (Å²) >= 11 is 4.88. The lowest BCUT2D eigenvalue weighted by Gasteiger charge is -2.27. The summed E-state index contributed by atoms with van der Waals surface area (Å²) in [6, 6.07) is -0.937. The number of dihydropyridines is 1. The van der Waals surface area contributed by atoms with E-state index in [0.717, 1.165) is 6.08 Å². The molecular formula is C14H19F3N4OS. The number of nitrogens with zero attached hydrogens (tertiary/aromatic N) is 1. The number of nitrogens with two attached hydrogens (primary N) is 1. The Morgan fingerprint density at radius 2 is 2.13 bits per heavy atom. The molecule has 1 aliphatic heterocycles. The first-order chi connectivity index (χ1) is 10.5. The zero-order valence-corrected chi connectivity index (χ0v) is 14.0. The summed E-state index contributed by atoms with van der Waals surface area (Å²) in [6.45, 7) is 4.57. The Kier molecular flexibility index (Phi) is 6.20. The number of allylic oxidation sites excluding steroid dienone is 3. The number of nitrogens with one attached hydrogen (secondary N) is 2. The molecule has 5 nitrogen and oxygen atoms in total. The lowest BCUT2D eigenvalue weighted by molar-refractivity contribution is -0.0965. The maximum Gasteiger partial charge on any atom is 0.414 e. The van der Waals surface area contributed by atoms with Gasteiger partial charge < -0.3 is 21.1 Å². The minimum atomic E-state index is -4.40. The molecule has 0 aliphatic carbocycles. The van der Waals surface area contributed by atoms with E-state index in [1.54, 1.807) is 14.0 Å². The van der Waals surface area contributed by atoms with Gasteiger partial charge in [-0.15, -0.1) is 0 Å². The van der Waals surface area contributed by atoms with Crippen LogP contribution in [0.4, 0.5) is 13.2 Å². The minimum Gasteiger partial charge on any atom is -0.425 e. The fourth-order valence-electron chi connectivity index (χ4n) is 1.85. The van der Waals surface area contributed by atoms with Gasteiger partial charge in [0.1, 0.15) is 0 Å². The monoisotopic (exact) mass is 348 g/mol. The third-order valence-electron chi connectivity index (χ3n) is 2.93. The van der Waals surface area contributed by atoms with E-state index in [9.17, 15) is 13.2 Å². The van der Waals surface area contributed by atoms with E-state index >= 15 is 0 Å². The first kappa shape index (κ1) is 19.0. The minimum absolute atomic E-state index is 0.0111. The van der Waals surface area contributed by atoms with Crippen molar-refractivity contribution in [1.29, 1.82) is 0 Å². The quantitative estimate of drug-likeness (QED) is 0.415. The van der Waals surface area contributed by atoms with Crippen molar-refractivity contribution < 1.29 is 17.9 Å². The molecule has 0 aromatic rings. The van der Waals surface area contributed by atoms with Crippen LogP contribution in [0.15, 0.2) is 40.1 Å². The summed E-state index contributed by atoms with van der Waals surface area (Å²) in [4.78, 5) is 4.01. The highest BCUT2D eigenvalue weighted by Gasteiger charge is 2.39. The second-order valence-corrected chi connectivity index (χ2v) is 5.32. The van der Waals surface area contributed by atoms with Crippen molar-refractivity contribution in [1.82, 2.24) is 10.6 Å². The molecule has 23 heavy (non-hydrogen) atoms. The summed E-state index contributed by atoms with van der Waals surface area (Å²) in [5.74, 6) is 0.159. The van der Waals surface area contributed by atoms with Crippen LogP contribution in [0.3, 0.4) is 0 Å². The van der Waals surface area contributed by atoms with Crippen LogP contribution in [0, 0.1) is 0 Å². The van der Waals surface area contributed by atoms with Gasteiger partial charge in [-0.05, 0) is 39.1 Å². The van der Waals surface area contributed by atoms with Gasteiger partial charge in [0.05, 0.1) is 11.6 Å². The van der Waals surface area contributed by atoms with Gasteiger partial charge in [-0.3, -0.25) is 0 Å². The van der Waals surface area contributed by atoms with E-state index in [1.165, 1.54) is 19.9 Å². The van der Waals surface area contributed by atoms with Gasteiger partial charge in [0, 0.05) is 24.4 Å². The largest absolute Gasteiger partial charge is 0.425 e. The molecule has 0 radical (unpaired) electrons. The summed E-state index contributed by atoms with van der Waals surface area (Å²) < 4.78 is 43.9. The molecule has 9 heteroatoms. The molecule has 0 bridgehead atoms. The van der Waals surface area contributed by atoms with Crippen LogP contribution >= 0.6 is 12.2 Å². The number of alkyl halides is 3. The number of aliphatic imine (C=N–C) groups is 1. The standard InChI is InChI=1S/C14H19F3N4OS/c1-7-5-10(14(15,16)17)9(3)21-12(7)22-11(18)6-8(2)20-13(23)19-4/h5-6,9,21H,18H2,1-4H3,(H,19,23). The van der Waals surface area contributed by atoms with Gasteiger partial charge in [0.15, 0.2) is 16.9 Å². The Balaban J connectivity index is 2.95. The molecule has 0 amide bonds. The van der Waals surface area contributed by atoms with Crippen LogP contribution in [-0.2, 0) is 4.74 Å². The Hall–Kier alpha value is -2.03. The lowest BCUT2D eigenvalue weighted by atomic mass is 10.0. The predicted octanol–water partition coefficient (Wildman–Crippen LogP) is 2.48. The SMILES string of the molecule is CNC(=S)N=C(C)C=C(N)OC1=C(C)C=C(C(F)(F)F)C(C)N1. The van der Waals surface area contributed by atoms with Crippen molar-refractivity contribution in [3.8, 4) is 0 Å². The summed E-state index contributed by atoms with van der Waals surface area (Å²) in [7, 11) is 1.63. The number of halogens is 3. The van der Waals surface area contributed by atoms with Crippen molar-refractivity contribution >= 4 is 23.0 Å². The van der Waals surface area contributed by atoms with Crippen LogP contribution in [0.5, 0.6) is 0 Å². The van der Waals surface area contributed by atoms with E-state index in [2.05, 4.69) is 15.6 Å². The first-order valence-electron chi connectivity index (χ1n) is 6.72. The molecule has 0 aromatic carbocycles. The first-order valence-corrected chi connectivity index (χ1v) is 7.13. The van der Waals surface area contributed by atoms with Gasteiger partial charge in [0.25, 0.3) is 0 Å². The molecule has 128 valence electrons. The highest BCUT2D eigenvalue weighted by Crippen LogP contribution is 2.32. The Morgan fingerprint density at radius 3 is 2.65 bits per heavy atom. The fourth-order valence-corrected chi connectivity index (χ4v) is 1.99. The normalized spacial score (nSPS) is 20.0. The van der Waals surface area contributed by atoms with Crippen molar-refractivity contribution in [2.75, 3.05) is 7.05 Å². The van der Waals surface area contributed by atoms with Crippen molar-refractivity contribution in [2.24, 2.45) is 10.7 Å². The van der Waals surface area contributed by atoms with E-state index < -0.39 is 17.8 Å². The third-order valence-corrected chi connectivity index (χ3v) is 3.23. The molecule has 0 fully saturated rings. The highest BCUT2D eigenvalue weighted by molar-refractivity contribution is 7.80. The van der Waals surface area contributed by atoms with Gasteiger partial charge in [-0.2, -0.15) is 13.2 Å². The zero-order valence-electron chi connectivity index (χ0n) is 13.2. The zero-order chi connectivity index (χ0) is 17.8. The molecule has 1 aliphatic rings. The average molecular weight is 348 g/mol. The van der Waals surface area contributed by atoms with Crippen molar-refractivity contribution in [2.45, 2.75) is 33.0 Å². The van der Waals surface area contributed by atoms with Crippen LogP contribution in [0.25, 0.3) is 0 Å². The maximum absolute atomic E-state index is 12.8. The Bertz CT molecular complexity index is 606. The van der Waals surface area contributed by atoms with Crippen molar-refractivity contribution in [3.05, 3.63) is 35.1 Å². The lowest BCUT2D eigenvalue weighted by Crippen LogP contribution is -2.38. The smallest absolute Gasteiger partial charge is 0.414 e.